The minimum absolute atomic E-state index is 0.0166. The molecule has 11 nitrogen and oxygen atoms in total. The number of ether oxygens (including phenoxy) is 3. The van der Waals surface area contributed by atoms with Crippen LogP contribution in [0.15, 0.2) is 12.1 Å². The second-order valence-electron chi connectivity index (χ2n) is 7.36. The Labute approximate surface area is 187 Å². The summed E-state index contributed by atoms with van der Waals surface area (Å²) >= 11 is 0. The monoisotopic (exact) mass is 476 g/mol. The molecular formula is C20H33N2O9P. The van der Waals surface area contributed by atoms with Crippen LogP contribution in [-0.4, -0.2) is 61.6 Å². The van der Waals surface area contributed by atoms with E-state index in [1.807, 2.05) is 0 Å². The molecule has 0 aromatic heterocycles. The molecular weight excluding hydrogens is 443 g/mol. The maximum atomic E-state index is 13.0. The van der Waals surface area contributed by atoms with Gasteiger partial charge in [0.1, 0.15) is 5.78 Å². The third kappa shape index (κ3) is 7.37. The Morgan fingerprint density at radius 2 is 1.66 bits per heavy atom. The first kappa shape index (κ1) is 27.7. The summed E-state index contributed by atoms with van der Waals surface area (Å²) in [5, 5.41) is 11.8. The van der Waals surface area contributed by atoms with Gasteiger partial charge < -0.3 is 35.3 Å². The SMILES string of the molecule is COc1cc(C(=O)N[C@H](C(C)C)P(=O)(O)OC(CCCCN)C(=O)O)cc(OC)c1OC. The quantitative estimate of drug-likeness (QED) is 0.231. The molecule has 1 rings (SSSR count). The summed E-state index contributed by atoms with van der Waals surface area (Å²) in [6.07, 6.45) is -0.522. The zero-order valence-electron chi connectivity index (χ0n) is 19.0. The Kier molecular flexibility index (Phi) is 10.9. The van der Waals surface area contributed by atoms with E-state index in [-0.39, 0.29) is 29.2 Å². The van der Waals surface area contributed by atoms with E-state index in [0.29, 0.717) is 19.4 Å². The van der Waals surface area contributed by atoms with Crippen LogP contribution in [0.5, 0.6) is 17.2 Å². The molecule has 32 heavy (non-hydrogen) atoms. The highest BCUT2D eigenvalue weighted by atomic mass is 31.2. The number of carbonyl (C=O) groups is 2. The van der Waals surface area contributed by atoms with Gasteiger partial charge in [-0.2, -0.15) is 0 Å². The first-order chi connectivity index (χ1) is 15.0. The van der Waals surface area contributed by atoms with E-state index in [2.05, 4.69) is 5.32 Å². The number of hydrogen-bond acceptors (Lipinski definition) is 8. The zero-order valence-corrected chi connectivity index (χ0v) is 19.9. The van der Waals surface area contributed by atoms with Gasteiger partial charge in [0.15, 0.2) is 17.6 Å². The highest BCUT2D eigenvalue weighted by Gasteiger charge is 2.40. The van der Waals surface area contributed by atoms with Crippen molar-refractivity contribution in [3.05, 3.63) is 17.7 Å². The van der Waals surface area contributed by atoms with Gasteiger partial charge in [-0.15, -0.1) is 0 Å². The number of rotatable bonds is 14. The number of carbonyl (C=O) groups excluding carboxylic acids is 1. The molecule has 182 valence electrons. The lowest BCUT2D eigenvalue weighted by Gasteiger charge is -2.28. The molecule has 0 radical (unpaired) electrons. The smallest absolute Gasteiger partial charge is 0.351 e. The lowest BCUT2D eigenvalue weighted by molar-refractivity contribution is -0.145. The molecule has 1 aromatic rings. The van der Waals surface area contributed by atoms with Crippen molar-refractivity contribution in [2.75, 3.05) is 27.9 Å². The van der Waals surface area contributed by atoms with E-state index in [9.17, 15) is 24.2 Å². The van der Waals surface area contributed by atoms with Crippen molar-refractivity contribution >= 4 is 19.5 Å². The predicted octanol–water partition coefficient (Wildman–Crippen LogP) is 2.21. The summed E-state index contributed by atoms with van der Waals surface area (Å²) < 4.78 is 33.8. The normalized spacial score (nSPS) is 14.9. The largest absolute Gasteiger partial charge is 0.493 e. The molecule has 2 unspecified atom stereocenters. The van der Waals surface area contributed by atoms with Gasteiger partial charge in [0, 0.05) is 5.56 Å². The van der Waals surface area contributed by atoms with Crippen molar-refractivity contribution < 1.29 is 42.9 Å². The number of nitrogens with one attached hydrogen (secondary N) is 1. The predicted molar refractivity (Wildman–Crippen MR) is 117 cm³/mol. The topological polar surface area (TPSA) is 167 Å². The van der Waals surface area contributed by atoms with Crippen LogP contribution in [0.1, 0.15) is 43.5 Å². The van der Waals surface area contributed by atoms with Crippen molar-refractivity contribution in [2.24, 2.45) is 11.7 Å². The Bertz CT molecular complexity index is 806. The summed E-state index contributed by atoms with van der Waals surface area (Å²) in [5.41, 5.74) is 5.50. The molecule has 0 saturated heterocycles. The van der Waals surface area contributed by atoms with Crippen LogP contribution in [0.25, 0.3) is 0 Å². The Balaban J connectivity index is 3.15. The summed E-state index contributed by atoms with van der Waals surface area (Å²) in [5.74, 6) is -3.23. The molecule has 0 aliphatic carbocycles. The number of amides is 1. The zero-order chi connectivity index (χ0) is 24.5. The fourth-order valence-corrected chi connectivity index (χ4v) is 4.72. The number of nitrogens with two attached hydrogens (primary N) is 1. The second kappa shape index (κ2) is 12.6. The van der Waals surface area contributed by atoms with Crippen LogP contribution in [0.2, 0.25) is 0 Å². The van der Waals surface area contributed by atoms with Crippen LogP contribution in [0, 0.1) is 5.92 Å². The summed E-state index contributed by atoms with van der Waals surface area (Å²) in [7, 11) is -0.376. The summed E-state index contributed by atoms with van der Waals surface area (Å²) in [4.78, 5) is 34.9. The van der Waals surface area contributed by atoms with Crippen LogP contribution in [0.3, 0.4) is 0 Å². The van der Waals surface area contributed by atoms with Gasteiger partial charge in [0.2, 0.25) is 5.75 Å². The number of methoxy groups -OCH3 is 3. The third-order valence-electron chi connectivity index (χ3n) is 4.66. The number of aliphatic carboxylic acids is 1. The van der Waals surface area contributed by atoms with Crippen LogP contribution < -0.4 is 25.3 Å². The average molecular weight is 476 g/mol. The van der Waals surface area contributed by atoms with Crippen molar-refractivity contribution in [3.8, 4) is 17.2 Å². The molecule has 1 aromatic carbocycles. The highest BCUT2D eigenvalue weighted by Crippen LogP contribution is 2.51. The van der Waals surface area contributed by atoms with Gasteiger partial charge in [-0.05, 0) is 43.9 Å². The lowest BCUT2D eigenvalue weighted by Crippen LogP contribution is -2.40. The first-order valence-electron chi connectivity index (χ1n) is 10.1. The number of unbranched alkanes of at least 4 members (excludes halogenated alkanes) is 1. The van der Waals surface area contributed by atoms with E-state index in [4.69, 9.17) is 24.5 Å². The van der Waals surface area contributed by atoms with E-state index in [1.165, 1.54) is 33.5 Å². The van der Waals surface area contributed by atoms with Gasteiger partial charge in [-0.3, -0.25) is 13.9 Å². The van der Waals surface area contributed by atoms with Gasteiger partial charge in [0.05, 0.1) is 21.3 Å². The molecule has 0 bridgehead atoms. The van der Waals surface area contributed by atoms with Gasteiger partial charge >= 0.3 is 13.6 Å². The molecule has 0 aliphatic heterocycles. The molecule has 5 N–H and O–H groups in total. The van der Waals surface area contributed by atoms with Gasteiger partial charge in [-0.1, -0.05) is 13.8 Å². The van der Waals surface area contributed by atoms with Crippen molar-refractivity contribution in [2.45, 2.75) is 45.0 Å². The second-order valence-corrected chi connectivity index (χ2v) is 9.25. The molecule has 12 heteroatoms. The minimum atomic E-state index is -4.58. The molecule has 3 atom stereocenters. The first-order valence-corrected chi connectivity index (χ1v) is 11.7. The Morgan fingerprint density at radius 3 is 2.06 bits per heavy atom. The molecule has 0 fully saturated rings. The van der Waals surface area contributed by atoms with Crippen molar-refractivity contribution in [3.63, 3.8) is 0 Å². The highest BCUT2D eigenvalue weighted by molar-refractivity contribution is 7.53. The molecule has 0 heterocycles. The third-order valence-corrected chi connectivity index (χ3v) is 6.65. The van der Waals surface area contributed by atoms with E-state index in [1.54, 1.807) is 13.8 Å². The van der Waals surface area contributed by atoms with Crippen molar-refractivity contribution in [1.82, 2.24) is 5.32 Å². The van der Waals surface area contributed by atoms with E-state index < -0.39 is 37.3 Å². The van der Waals surface area contributed by atoms with E-state index >= 15 is 0 Å². The lowest BCUT2D eigenvalue weighted by atomic mass is 10.1. The minimum Gasteiger partial charge on any atom is -0.493 e. The average Bonchev–Trinajstić information content (AvgIpc) is 2.74. The van der Waals surface area contributed by atoms with Crippen LogP contribution in [0.4, 0.5) is 0 Å². The van der Waals surface area contributed by atoms with Gasteiger partial charge in [0.25, 0.3) is 5.91 Å². The number of hydrogen-bond donors (Lipinski definition) is 4. The Hall–Kier alpha value is -2.33. The van der Waals surface area contributed by atoms with Crippen molar-refractivity contribution in [1.29, 1.82) is 0 Å². The Morgan fingerprint density at radius 1 is 1.09 bits per heavy atom. The van der Waals surface area contributed by atoms with Crippen LogP contribution >= 0.6 is 7.60 Å². The summed E-state index contributed by atoms with van der Waals surface area (Å²) in [6.45, 7) is 3.58. The fraction of sp³-hybridized carbons (Fsp3) is 0.600. The number of carboxylic acids is 1. The molecule has 0 spiro atoms. The molecule has 1 amide bonds. The fourth-order valence-electron chi connectivity index (χ4n) is 3.00. The molecule has 0 saturated carbocycles. The molecule has 0 aliphatic rings. The number of benzene rings is 1. The van der Waals surface area contributed by atoms with Crippen LogP contribution in [-0.2, 0) is 13.9 Å². The van der Waals surface area contributed by atoms with E-state index in [0.717, 1.165) is 0 Å². The summed E-state index contributed by atoms with van der Waals surface area (Å²) in [6, 6.07) is 2.79. The maximum absolute atomic E-state index is 13.0. The van der Waals surface area contributed by atoms with Gasteiger partial charge in [-0.25, -0.2) is 4.79 Å². The maximum Gasteiger partial charge on any atom is 0.351 e. The standard InChI is InChI=1S/C20H33N2O9P/c1-12(2)19(32(26,27)31-14(20(24)25)8-6-7-9-21)22-18(23)13-10-15(28-3)17(30-5)16(11-13)29-4/h10-12,14,19H,6-9,21H2,1-5H3,(H,22,23)(H,24,25)(H,26,27)/t14?,19-/m0/s1. The number of carboxylic acid groups (broad SMARTS) is 1.